The fraction of sp³-hybridized carbons (Fsp3) is 0.222. The van der Waals surface area contributed by atoms with Crippen molar-refractivity contribution in [1.29, 1.82) is 0 Å². The van der Waals surface area contributed by atoms with E-state index >= 15 is 0 Å². The third-order valence-electron chi connectivity index (χ3n) is 4.30. The number of thiophene rings is 1. The highest BCUT2D eigenvalue weighted by Gasteiger charge is 2.35. The SMILES string of the molecule is COc1ccc(-c2[nH]nc3c2C(c2sccc2C)CC(=O)O3)cc1. The van der Waals surface area contributed by atoms with Crippen LogP contribution < -0.4 is 9.47 Å². The van der Waals surface area contributed by atoms with Crippen molar-refractivity contribution in [2.24, 2.45) is 0 Å². The molecule has 1 atom stereocenters. The van der Waals surface area contributed by atoms with Gasteiger partial charge in [0.05, 0.1) is 24.8 Å². The van der Waals surface area contributed by atoms with Crippen molar-refractivity contribution in [2.45, 2.75) is 19.3 Å². The Labute approximate surface area is 143 Å². The maximum Gasteiger partial charge on any atom is 0.313 e. The monoisotopic (exact) mass is 340 g/mol. The van der Waals surface area contributed by atoms with Gasteiger partial charge in [-0.15, -0.1) is 16.4 Å². The Hall–Kier alpha value is -2.60. The van der Waals surface area contributed by atoms with E-state index in [1.807, 2.05) is 24.3 Å². The average molecular weight is 340 g/mol. The maximum atomic E-state index is 12.0. The fourth-order valence-electron chi connectivity index (χ4n) is 3.10. The Kier molecular flexibility index (Phi) is 3.61. The highest BCUT2D eigenvalue weighted by Crippen LogP contribution is 2.45. The standard InChI is InChI=1S/C18H16N2O3S/c1-10-7-8-24-17(10)13-9-14(21)23-18-15(13)16(19-20-18)11-3-5-12(22-2)6-4-11/h3-8,13H,9H2,1-2H3,(H,19,20). The topological polar surface area (TPSA) is 64.2 Å². The summed E-state index contributed by atoms with van der Waals surface area (Å²) in [6.45, 7) is 2.07. The second-order valence-corrected chi connectivity index (χ2v) is 6.69. The molecule has 3 heterocycles. The van der Waals surface area contributed by atoms with E-state index in [0.717, 1.165) is 22.6 Å². The van der Waals surface area contributed by atoms with Gasteiger partial charge in [-0.05, 0) is 48.2 Å². The largest absolute Gasteiger partial charge is 0.497 e. The first-order valence-corrected chi connectivity index (χ1v) is 8.52. The van der Waals surface area contributed by atoms with E-state index in [-0.39, 0.29) is 11.9 Å². The number of hydrogen-bond donors (Lipinski definition) is 1. The number of H-pyrrole nitrogens is 1. The van der Waals surface area contributed by atoms with Crippen molar-refractivity contribution < 1.29 is 14.3 Å². The van der Waals surface area contributed by atoms with Gasteiger partial charge in [-0.1, -0.05) is 0 Å². The Morgan fingerprint density at radius 1 is 1.29 bits per heavy atom. The molecule has 0 saturated heterocycles. The van der Waals surface area contributed by atoms with Gasteiger partial charge in [-0.3, -0.25) is 9.89 Å². The van der Waals surface area contributed by atoms with Gasteiger partial charge in [0.2, 0.25) is 5.88 Å². The molecule has 0 aliphatic carbocycles. The van der Waals surface area contributed by atoms with Crippen LogP contribution in [0.1, 0.15) is 28.3 Å². The summed E-state index contributed by atoms with van der Waals surface area (Å²) in [5.41, 5.74) is 4.01. The summed E-state index contributed by atoms with van der Waals surface area (Å²) in [5, 5.41) is 9.31. The lowest BCUT2D eigenvalue weighted by molar-refractivity contribution is -0.135. The van der Waals surface area contributed by atoms with Crippen molar-refractivity contribution in [1.82, 2.24) is 10.2 Å². The molecule has 0 saturated carbocycles. The van der Waals surface area contributed by atoms with Crippen LogP contribution in [-0.4, -0.2) is 23.3 Å². The van der Waals surface area contributed by atoms with Crippen molar-refractivity contribution in [3.05, 3.63) is 51.7 Å². The molecule has 4 rings (SSSR count). The molecule has 5 nitrogen and oxygen atoms in total. The summed E-state index contributed by atoms with van der Waals surface area (Å²) >= 11 is 1.67. The normalized spacial score (nSPS) is 16.6. The first-order valence-electron chi connectivity index (χ1n) is 7.64. The number of esters is 1. The second kappa shape index (κ2) is 5.79. The number of nitrogens with one attached hydrogen (secondary N) is 1. The van der Waals surface area contributed by atoms with Crippen molar-refractivity contribution in [3.63, 3.8) is 0 Å². The Morgan fingerprint density at radius 2 is 2.08 bits per heavy atom. The van der Waals surface area contributed by atoms with Crippen LogP contribution in [0.4, 0.5) is 0 Å². The van der Waals surface area contributed by atoms with Crippen LogP contribution in [0.15, 0.2) is 35.7 Å². The summed E-state index contributed by atoms with van der Waals surface area (Å²) in [6, 6.07) is 9.83. The average Bonchev–Trinajstić information content (AvgIpc) is 3.20. The molecular weight excluding hydrogens is 324 g/mol. The molecule has 6 heteroatoms. The van der Waals surface area contributed by atoms with E-state index in [1.54, 1.807) is 18.4 Å². The quantitative estimate of drug-likeness (QED) is 0.735. The molecule has 122 valence electrons. The Bertz CT molecular complexity index is 895. The molecule has 0 radical (unpaired) electrons. The minimum Gasteiger partial charge on any atom is -0.497 e. The van der Waals surface area contributed by atoms with Gasteiger partial charge in [0, 0.05) is 16.4 Å². The first-order chi connectivity index (χ1) is 11.7. The summed E-state index contributed by atoms with van der Waals surface area (Å²) in [7, 11) is 1.64. The highest BCUT2D eigenvalue weighted by atomic mass is 32.1. The molecular formula is C18H16N2O3S. The maximum absolute atomic E-state index is 12.0. The molecule has 3 aromatic rings. The summed E-state index contributed by atoms with van der Waals surface area (Å²) < 4.78 is 10.6. The van der Waals surface area contributed by atoms with Gasteiger partial charge in [0.25, 0.3) is 0 Å². The van der Waals surface area contributed by atoms with Crippen molar-refractivity contribution in [3.8, 4) is 22.9 Å². The van der Waals surface area contributed by atoms with Gasteiger partial charge in [0.15, 0.2) is 0 Å². The van der Waals surface area contributed by atoms with Crippen LogP contribution in [0.3, 0.4) is 0 Å². The molecule has 0 bridgehead atoms. The lowest BCUT2D eigenvalue weighted by atomic mass is 9.89. The molecule has 1 aliphatic rings. The minimum atomic E-state index is -0.243. The van der Waals surface area contributed by atoms with Gasteiger partial charge in [-0.25, -0.2) is 0 Å². The molecule has 0 fully saturated rings. The number of methoxy groups -OCH3 is 1. The molecule has 1 aliphatic heterocycles. The number of nitrogens with zero attached hydrogens (tertiary/aromatic N) is 1. The molecule has 1 aromatic carbocycles. The number of rotatable bonds is 3. The Balaban J connectivity index is 1.84. The van der Waals surface area contributed by atoms with Crippen molar-refractivity contribution in [2.75, 3.05) is 7.11 Å². The summed E-state index contributed by atoms with van der Waals surface area (Å²) in [4.78, 5) is 13.2. The number of aromatic nitrogens is 2. The van der Waals surface area contributed by atoms with E-state index in [4.69, 9.17) is 9.47 Å². The number of benzene rings is 1. The molecule has 1 N–H and O–H groups in total. The van der Waals surface area contributed by atoms with Crippen LogP contribution in [0, 0.1) is 6.92 Å². The van der Waals surface area contributed by atoms with E-state index in [9.17, 15) is 4.79 Å². The van der Waals surface area contributed by atoms with Gasteiger partial charge in [-0.2, -0.15) is 0 Å². The zero-order valence-electron chi connectivity index (χ0n) is 13.3. The van der Waals surface area contributed by atoms with E-state index in [0.29, 0.717) is 12.3 Å². The smallest absolute Gasteiger partial charge is 0.313 e. The predicted octanol–water partition coefficient (Wildman–Crippen LogP) is 3.90. The predicted molar refractivity (Wildman–Crippen MR) is 91.7 cm³/mol. The summed E-state index contributed by atoms with van der Waals surface area (Å²) in [6.07, 6.45) is 0.330. The van der Waals surface area contributed by atoms with Gasteiger partial charge in [0.1, 0.15) is 5.75 Å². The van der Waals surface area contributed by atoms with Crippen molar-refractivity contribution >= 4 is 17.3 Å². The number of hydrogen-bond acceptors (Lipinski definition) is 5. The third-order valence-corrected chi connectivity index (χ3v) is 5.43. The van der Waals surface area contributed by atoms with Gasteiger partial charge >= 0.3 is 5.97 Å². The number of carbonyl (C=O) groups excluding carboxylic acids is 1. The lowest BCUT2D eigenvalue weighted by Crippen LogP contribution is -2.20. The zero-order valence-corrected chi connectivity index (χ0v) is 14.1. The van der Waals surface area contributed by atoms with Crippen LogP contribution >= 0.6 is 11.3 Å². The fourth-order valence-corrected chi connectivity index (χ4v) is 4.13. The highest BCUT2D eigenvalue weighted by molar-refractivity contribution is 7.10. The lowest BCUT2D eigenvalue weighted by Gasteiger charge is -2.22. The van der Waals surface area contributed by atoms with E-state index < -0.39 is 0 Å². The molecule has 2 aromatic heterocycles. The van der Waals surface area contributed by atoms with E-state index in [2.05, 4.69) is 28.6 Å². The molecule has 0 spiro atoms. The van der Waals surface area contributed by atoms with Crippen LogP contribution in [0.2, 0.25) is 0 Å². The Morgan fingerprint density at radius 3 is 2.75 bits per heavy atom. The number of carbonyl (C=O) groups is 1. The van der Waals surface area contributed by atoms with Gasteiger partial charge < -0.3 is 9.47 Å². The molecule has 0 amide bonds. The van der Waals surface area contributed by atoms with E-state index in [1.165, 1.54) is 10.4 Å². The van der Waals surface area contributed by atoms with Crippen LogP contribution in [-0.2, 0) is 4.79 Å². The minimum absolute atomic E-state index is 0.0305. The molecule has 1 unspecified atom stereocenters. The van der Waals surface area contributed by atoms with Crippen LogP contribution in [0.5, 0.6) is 11.6 Å². The zero-order chi connectivity index (χ0) is 16.7. The number of ether oxygens (including phenoxy) is 2. The second-order valence-electron chi connectivity index (χ2n) is 5.74. The number of fused-ring (bicyclic) bond motifs is 1. The first kappa shape index (κ1) is 15.0. The van der Waals surface area contributed by atoms with Crippen LogP contribution in [0.25, 0.3) is 11.3 Å². The summed E-state index contributed by atoms with van der Waals surface area (Å²) in [5.74, 6) is 0.907. The third kappa shape index (κ3) is 2.39. The molecule has 24 heavy (non-hydrogen) atoms. The number of aryl methyl sites for hydroxylation is 1. The number of aromatic amines is 1.